The molecule has 0 amide bonds. The van der Waals surface area contributed by atoms with Gasteiger partial charge in [-0.3, -0.25) is 0 Å². The maximum atomic E-state index is 10.7. The molecule has 1 atom stereocenters. The van der Waals surface area contributed by atoms with E-state index in [1.54, 1.807) is 0 Å². The fourth-order valence-electron chi connectivity index (χ4n) is 1.15. The average Bonchev–Trinajstić information content (AvgIpc) is 2.14. The van der Waals surface area contributed by atoms with Crippen LogP contribution < -0.4 is 0 Å². The Morgan fingerprint density at radius 1 is 1.64 bits per heavy atom. The van der Waals surface area contributed by atoms with Crippen LogP contribution in [0.1, 0.15) is 5.56 Å². The van der Waals surface area contributed by atoms with Crippen molar-refractivity contribution in [2.75, 3.05) is 7.11 Å². The van der Waals surface area contributed by atoms with Crippen molar-refractivity contribution in [3.63, 3.8) is 0 Å². The van der Waals surface area contributed by atoms with Crippen molar-refractivity contribution in [2.45, 2.75) is 12.5 Å². The Morgan fingerprint density at radius 2 is 2.36 bits per heavy atom. The van der Waals surface area contributed by atoms with Crippen molar-refractivity contribution >= 4 is 21.9 Å². The van der Waals surface area contributed by atoms with Gasteiger partial charge < -0.3 is 9.84 Å². The topological polar surface area (TPSA) is 46.5 Å². The van der Waals surface area contributed by atoms with Gasteiger partial charge in [0.1, 0.15) is 0 Å². The Bertz CT molecular complexity index is 325. The summed E-state index contributed by atoms with van der Waals surface area (Å²) in [6.07, 6.45) is -0.394. The van der Waals surface area contributed by atoms with E-state index in [1.165, 1.54) is 7.11 Å². The monoisotopic (exact) mass is 258 g/mol. The van der Waals surface area contributed by atoms with Crippen LogP contribution in [-0.2, 0) is 16.0 Å². The molecule has 1 N–H and O–H groups in total. The lowest BCUT2D eigenvalue weighted by molar-refractivity contribution is -0.148. The molecule has 0 radical (unpaired) electrons. The quantitative estimate of drug-likeness (QED) is 0.900. The standard InChI is InChI=1S/C10H11BrO3/c1-14-9(10(12)13)6-7-3-2-4-8(11)5-7/h2-5,9H,6H2,1H3,(H,12,13). The van der Waals surface area contributed by atoms with Gasteiger partial charge in [-0.2, -0.15) is 0 Å². The molecule has 0 spiro atoms. The molecule has 1 rings (SSSR count). The Kier molecular flexibility index (Phi) is 4.10. The summed E-state index contributed by atoms with van der Waals surface area (Å²) in [6, 6.07) is 7.52. The normalized spacial score (nSPS) is 12.4. The number of carbonyl (C=O) groups is 1. The second kappa shape index (κ2) is 5.12. The number of carboxylic acids is 1. The zero-order valence-electron chi connectivity index (χ0n) is 7.74. The number of ether oxygens (including phenoxy) is 1. The molecular weight excluding hydrogens is 248 g/mol. The fourth-order valence-corrected chi connectivity index (χ4v) is 1.60. The molecule has 4 heteroatoms. The fraction of sp³-hybridized carbons (Fsp3) is 0.300. The summed E-state index contributed by atoms with van der Waals surface area (Å²) in [5.41, 5.74) is 0.939. The number of aliphatic carboxylic acids is 1. The highest BCUT2D eigenvalue weighted by molar-refractivity contribution is 9.10. The number of halogens is 1. The molecule has 0 aliphatic rings. The van der Waals surface area contributed by atoms with Crippen molar-refractivity contribution in [3.8, 4) is 0 Å². The van der Waals surface area contributed by atoms with E-state index in [0.29, 0.717) is 6.42 Å². The summed E-state index contributed by atoms with van der Waals surface area (Å²) in [4.78, 5) is 10.7. The smallest absolute Gasteiger partial charge is 0.333 e. The predicted molar refractivity (Wildman–Crippen MR) is 56.3 cm³/mol. The first-order chi connectivity index (χ1) is 6.63. The molecule has 0 saturated heterocycles. The van der Waals surface area contributed by atoms with Crippen LogP contribution in [0.4, 0.5) is 0 Å². The van der Waals surface area contributed by atoms with E-state index in [4.69, 9.17) is 9.84 Å². The third kappa shape index (κ3) is 3.12. The lowest BCUT2D eigenvalue weighted by atomic mass is 10.1. The van der Waals surface area contributed by atoms with Crippen LogP contribution in [0.15, 0.2) is 28.7 Å². The van der Waals surface area contributed by atoms with Gasteiger partial charge in [0, 0.05) is 18.0 Å². The second-order valence-corrected chi connectivity index (χ2v) is 3.81. The number of hydrogen-bond donors (Lipinski definition) is 1. The zero-order chi connectivity index (χ0) is 10.6. The minimum atomic E-state index is -0.938. The molecule has 0 aliphatic heterocycles. The van der Waals surface area contributed by atoms with Gasteiger partial charge in [-0.25, -0.2) is 4.79 Å². The van der Waals surface area contributed by atoms with E-state index in [2.05, 4.69) is 15.9 Å². The third-order valence-electron chi connectivity index (χ3n) is 1.87. The van der Waals surface area contributed by atoms with Gasteiger partial charge in [-0.15, -0.1) is 0 Å². The van der Waals surface area contributed by atoms with E-state index in [9.17, 15) is 4.79 Å². The van der Waals surface area contributed by atoms with Crippen molar-refractivity contribution < 1.29 is 14.6 Å². The second-order valence-electron chi connectivity index (χ2n) is 2.90. The predicted octanol–water partition coefficient (Wildman–Crippen LogP) is 2.09. The summed E-state index contributed by atoms with van der Waals surface area (Å²) < 4.78 is 5.78. The van der Waals surface area contributed by atoms with Crippen LogP contribution in [0.25, 0.3) is 0 Å². The lowest BCUT2D eigenvalue weighted by Crippen LogP contribution is -2.24. The molecule has 0 saturated carbocycles. The highest BCUT2D eigenvalue weighted by Crippen LogP contribution is 2.13. The lowest BCUT2D eigenvalue weighted by Gasteiger charge is -2.10. The molecule has 0 heterocycles. The number of carboxylic acid groups (broad SMARTS) is 1. The minimum Gasteiger partial charge on any atom is -0.479 e. The van der Waals surface area contributed by atoms with Gasteiger partial charge in [0.05, 0.1) is 0 Å². The molecule has 0 aromatic heterocycles. The van der Waals surface area contributed by atoms with E-state index < -0.39 is 12.1 Å². The van der Waals surface area contributed by atoms with E-state index in [1.807, 2.05) is 24.3 Å². The van der Waals surface area contributed by atoms with Gasteiger partial charge in [0.2, 0.25) is 0 Å². The Balaban J connectivity index is 2.72. The van der Waals surface area contributed by atoms with Crippen LogP contribution in [0.2, 0.25) is 0 Å². The first-order valence-corrected chi connectivity index (χ1v) is 4.93. The van der Waals surface area contributed by atoms with Gasteiger partial charge >= 0.3 is 5.97 Å². The molecular formula is C10H11BrO3. The average molecular weight is 259 g/mol. The highest BCUT2D eigenvalue weighted by atomic mass is 79.9. The molecule has 0 fully saturated rings. The van der Waals surface area contributed by atoms with Crippen LogP contribution in [0, 0.1) is 0 Å². The van der Waals surface area contributed by atoms with Gasteiger partial charge in [0.25, 0.3) is 0 Å². The first-order valence-electron chi connectivity index (χ1n) is 4.13. The summed E-state index contributed by atoms with van der Waals surface area (Å²) in [7, 11) is 1.40. The summed E-state index contributed by atoms with van der Waals surface area (Å²) in [5, 5.41) is 8.77. The largest absolute Gasteiger partial charge is 0.479 e. The molecule has 14 heavy (non-hydrogen) atoms. The van der Waals surface area contributed by atoms with Gasteiger partial charge in [-0.1, -0.05) is 28.1 Å². The molecule has 0 bridgehead atoms. The van der Waals surface area contributed by atoms with Crippen molar-refractivity contribution in [1.29, 1.82) is 0 Å². The van der Waals surface area contributed by atoms with Gasteiger partial charge in [-0.05, 0) is 17.7 Å². The SMILES string of the molecule is COC(Cc1cccc(Br)c1)C(=O)O. The van der Waals surface area contributed by atoms with Crippen LogP contribution >= 0.6 is 15.9 Å². The van der Waals surface area contributed by atoms with Crippen molar-refractivity contribution in [2.24, 2.45) is 0 Å². The summed E-state index contributed by atoms with van der Waals surface area (Å²) >= 11 is 3.32. The zero-order valence-corrected chi connectivity index (χ0v) is 9.32. The Hall–Kier alpha value is -0.870. The highest BCUT2D eigenvalue weighted by Gasteiger charge is 2.16. The number of methoxy groups -OCH3 is 1. The van der Waals surface area contributed by atoms with Crippen molar-refractivity contribution in [3.05, 3.63) is 34.3 Å². The summed E-state index contributed by atoms with van der Waals surface area (Å²) in [6.45, 7) is 0. The molecule has 1 aromatic rings. The Morgan fingerprint density at radius 3 is 2.86 bits per heavy atom. The van der Waals surface area contributed by atoms with Crippen LogP contribution in [-0.4, -0.2) is 24.3 Å². The number of rotatable bonds is 4. The van der Waals surface area contributed by atoms with Crippen LogP contribution in [0.5, 0.6) is 0 Å². The Labute approximate surface area is 90.8 Å². The molecule has 1 aromatic carbocycles. The molecule has 76 valence electrons. The van der Waals surface area contributed by atoms with E-state index in [0.717, 1.165) is 10.0 Å². The van der Waals surface area contributed by atoms with Crippen LogP contribution in [0.3, 0.4) is 0 Å². The number of benzene rings is 1. The molecule has 1 unspecified atom stereocenters. The molecule has 0 aliphatic carbocycles. The molecule has 3 nitrogen and oxygen atoms in total. The first kappa shape index (κ1) is 11.2. The van der Waals surface area contributed by atoms with E-state index >= 15 is 0 Å². The van der Waals surface area contributed by atoms with E-state index in [-0.39, 0.29) is 0 Å². The maximum absolute atomic E-state index is 10.7. The van der Waals surface area contributed by atoms with Crippen molar-refractivity contribution in [1.82, 2.24) is 0 Å². The van der Waals surface area contributed by atoms with Gasteiger partial charge in [0.15, 0.2) is 6.10 Å². The number of hydrogen-bond acceptors (Lipinski definition) is 2. The summed E-state index contributed by atoms with van der Waals surface area (Å²) in [5.74, 6) is -0.938. The minimum absolute atomic E-state index is 0.380. The third-order valence-corrected chi connectivity index (χ3v) is 2.36. The maximum Gasteiger partial charge on any atom is 0.333 e.